The first-order valence-electron chi connectivity index (χ1n) is 6.08. The molecule has 100 valence electrons. The number of sulfone groups is 1. The highest BCUT2D eigenvalue weighted by Gasteiger charge is 2.27. The average Bonchev–Trinajstić information content (AvgIpc) is 2.47. The second-order valence-electron chi connectivity index (χ2n) is 4.92. The van der Waals surface area contributed by atoms with Crippen molar-refractivity contribution in [3.63, 3.8) is 0 Å². The van der Waals surface area contributed by atoms with E-state index in [0.717, 1.165) is 17.9 Å². The van der Waals surface area contributed by atoms with Gasteiger partial charge in [-0.05, 0) is 30.2 Å². The van der Waals surface area contributed by atoms with Crippen molar-refractivity contribution in [2.75, 3.05) is 25.2 Å². The lowest BCUT2D eigenvalue weighted by Gasteiger charge is -2.16. The smallest absolute Gasteiger partial charge is 0.152 e. The molecular formula is C13H19NO3S. The number of methoxy groups -OCH3 is 1. The summed E-state index contributed by atoms with van der Waals surface area (Å²) in [6, 6.07) is 7.43. The first-order chi connectivity index (χ1) is 8.50. The Morgan fingerprint density at radius 3 is 2.83 bits per heavy atom. The summed E-state index contributed by atoms with van der Waals surface area (Å²) >= 11 is 0. The molecule has 0 spiro atoms. The average molecular weight is 269 g/mol. The molecule has 4 nitrogen and oxygen atoms in total. The molecule has 2 rings (SSSR count). The van der Waals surface area contributed by atoms with Gasteiger partial charge in [0.1, 0.15) is 5.75 Å². The van der Waals surface area contributed by atoms with Gasteiger partial charge in [0.2, 0.25) is 0 Å². The van der Waals surface area contributed by atoms with E-state index in [1.54, 1.807) is 7.11 Å². The van der Waals surface area contributed by atoms with Crippen LogP contribution in [0.25, 0.3) is 0 Å². The van der Waals surface area contributed by atoms with Crippen molar-refractivity contribution in [3.05, 3.63) is 29.8 Å². The summed E-state index contributed by atoms with van der Waals surface area (Å²) in [5.41, 5.74) is 0.965. The minimum absolute atomic E-state index is 0.143. The van der Waals surface area contributed by atoms with E-state index in [2.05, 4.69) is 5.32 Å². The maximum absolute atomic E-state index is 11.9. The van der Waals surface area contributed by atoms with Crippen molar-refractivity contribution in [1.29, 1.82) is 0 Å². The van der Waals surface area contributed by atoms with Gasteiger partial charge in [0.25, 0.3) is 0 Å². The number of benzene rings is 1. The van der Waals surface area contributed by atoms with Crippen molar-refractivity contribution in [2.45, 2.75) is 13.0 Å². The molecular weight excluding hydrogens is 250 g/mol. The molecule has 0 saturated carbocycles. The van der Waals surface area contributed by atoms with Crippen LogP contribution in [-0.4, -0.2) is 33.6 Å². The maximum atomic E-state index is 11.9. The van der Waals surface area contributed by atoms with Gasteiger partial charge in [-0.25, -0.2) is 8.42 Å². The van der Waals surface area contributed by atoms with Crippen LogP contribution in [-0.2, 0) is 9.84 Å². The molecule has 1 aromatic rings. The third-order valence-corrected chi connectivity index (χ3v) is 5.09. The number of hydrogen-bond donors (Lipinski definition) is 1. The van der Waals surface area contributed by atoms with Crippen LogP contribution in [0, 0.1) is 5.92 Å². The van der Waals surface area contributed by atoms with E-state index in [4.69, 9.17) is 4.74 Å². The van der Waals surface area contributed by atoms with Crippen LogP contribution in [0.1, 0.15) is 18.5 Å². The molecule has 1 aliphatic rings. The van der Waals surface area contributed by atoms with E-state index in [0.29, 0.717) is 0 Å². The van der Waals surface area contributed by atoms with Gasteiger partial charge in [-0.15, -0.1) is 0 Å². The Balaban J connectivity index is 2.26. The van der Waals surface area contributed by atoms with E-state index in [-0.39, 0.29) is 23.5 Å². The SMILES string of the molecule is COc1cccc(C2CS(=O)(=O)CC(C)CN2)c1. The Hall–Kier alpha value is -1.07. The normalized spacial score (nSPS) is 27.4. The van der Waals surface area contributed by atoms with Crippen LogP contribution in [0.15, 0.2) is 24.3 Å². The Morgan fingerprint density at radius 1 is 1.33 bits per heavy atom. The quantitative estimate of drug-likeness (QED) is 0.881. The molecule has 1 aromatic carbocycles. The van der Waals surface area contributed by atoms with Crippen LogP contribution < -0.4 is 10.1 Å². The molecule has 1 heterocycles. The topological polar surface area (TPSA) is 55.4 Å². The van der Waals surface area contributed by atoms with Crippen LogP contribution >= 0.6 is 0 Å². The fourth-order valence-corrected chi connectivity index (χ4v) is 4.23. The summed E-state index contributed by atoms with van der Waals surface area (Å²) in [4.78, 5) is 0. The Bertz CT molecular complexity index is 513. The highest BCUT2D eigenvalue weighted by Crippen LogP contribution is 2.23. The van der Waals surface area contributed by atoms with Crippen molar-refractivity contribution in [3.8, 4) is 5.75 Å². The molecule has 0 amide bonds. The molecule has 1 fully saturated rings. The monoisotopic (exact) mass is 269 g/mol. The summed E-state index contributed by atoms with van der Waals surface area (Å²) in [6.45, 7) is 2.68. The first-order valence-corrected chi connectivity index (χ1v) is 7.90. The van der Waals surface area contributed by atoms with Gasteiger partial charge in [-0.2, -0.15) is 0 Å². The molecule has 2 unspecified atom stereocenters. The molecule has 0 bridgehead atoms. The highest BCUT2D eigenvalue weighted by molar-refractivity contribution is 7.91. The van der Waals surface area contributed by atoms with Gasteiger partial charge < -0.3 is 10.1 Å². The minimum Gasteiger partial charge on any atom is -0.497 e. The molecule has 18 heavy (non-hydrogen) atoms. The van der Waals surface area contributed by atoms with E-state index < -0.39 is 9.84 Å². The fraction of sp³-hybridized carbons (Fsp3) is 0.538. The van der Waals surface area contributed by atoms with E-state index in [1.165, 1.54) is 0 Å². The first kappa shape index (κ1) is 13.4. The summed E-state index contributed by atoms with van der Waals surface area (Å²) in [5, 5.41) is 3.32. The predicted octanol–water partition coefficient (Wildman–Crippen LogP) is 1.39. The van der Waals surface area contributed by atoms with Gasteiger partial charge in [0.05, 0.1) is 18.6 Å². The van der Waals surface area contributed by atoms with Crippen LogP contribution in [0.5, 0.6) is 5.75 Å². The lowest BCUT2D eigenvalue weighted by molar-refractivity contribution is 0.413. The molecule has 1 N–H and O–H groups in total. The van der Waals surface area contributed by atoms with Crippen molar-refractivity contribution in [1.82, 2.24) is 5.32 Å². The molecule has 1 saturated heterocycles. The van der Waals surface area contributed by atoms with Crippen LogP contribution in [0.2, 0.25) is 0 Å². The molecule has 2 atom stereocenters. The summed E-state index contributed by atoms with van der Waals surface area (Å²) < 4.78 is 29.1. The zero-order valence-electron chi connectivity index (χ0n) is 10.7. The molecule has 1 aliphatic heterocycles. The zero-order valence-corrected chi connectivity index (χ0v) is 11.5. The molecule has 0 aromatic heterocycles. The minimum atomic E-state index is -2.99. The lowest BCUT2D eigenvalue weighted by atomic mass is 10.1. The Kier molecular flexibility index (Phi) is 3.92. The van der Waals surface area contributed by atoms with Gasteiger partial charge in [0, 0.05) is 6.04 Å². The molecule has 0 aliphatic carbocycles. The second kappa shape index (κ2) is 5.28. The number of hydrogen-bond acceptors (Lipinski definition) is 4. The number of ether oxygens (including phenoxy) is 1. The summed E-state index contributed by atoms with van der Waals surface area (Å²) in [5.74, 6) is 1.33. The van der Waals surface area contributed by atoms with E-state index in [9.17, 15) is 8.42 Å². The lowest BCUT2D eigenvalue weighted by Crippen LogP contribution is -2.26. The number of rotatable bonds is 2. The van der Waals surface area contributed by atoms with E-state index in [1.807, 2.05) is 31.2 Å². The molecule has 5 heteroatoms. The summed E-state index contributed by atoms with van der Waals surface area (Å²) in [6.07, 6.45) is 0. The third kappa shape index (κ3) is 3.23. The van der Waals surface area contributed by atoms with Crippen LogP contribution in [0.4, 0.5) is 0 Å². The van der Waals surface area contributed by atoms with Crippen LogP contribution in [0.3, 0.4) is 0 Å². The van der Waals surface area contributed by atoms with Crippen molar-refractivity contribution in [2.24, 2.45) is 5.92 Å². The second-order valence-corrected chi connectivity index (χ2v) is 7.07. The standard InChI is InChI=1S/C13H19NO3S/c1-10-7-14-13(9-18(15,16)8-10)11-4-3-5-12(6-11)17-2/h3-6,10,13-14H,7-9H2,1-2H3. The van der Waals surface area contributed by atoms with Gasteiger partial charge in [0.15, 0.2) is 9.84 Å². The third-order valence-electron chi connectivity index (χ3n) is 3.17. The zero-order chi connectivity index (χ0) is 13.2. The van der Waals surface area contributed by atoms with Gasteiger partial charge in [-0.1, -0.05) is 19.1 Å². The predicted molar refractivity (Wildman–Crippen MR) is 71.6 cm³/mol. The Labute approximate surface area is 108 Å². The largest absolute Gasteiger partial charge is 0.497 e. The van der Waals surface area contributed by atoms with Crippen molar-refractivity contribution < 1.29 is 13.2 Å². The van der Waals surface area contributed by atoms with Gasteiger partial charge in [-0.3, -0.25) is 0 Å². The fourth-order valence-electron chi connectivity index (χ4n) is 2.29. The van der Waals surface area contributed by atoms with Crippen molar-refractivity contribution >= 4 is 9.84 Å². The Morgan fingerprint density at radius 2 is 2.11 bits per heavy atom. The number of nitrogens with one attached hydrogen (secondary N) is 1. The van der Waals surface area contributed by atoms with Gasteiger partial charge >= 0.3 is 0 Å². The van der Waals surface area contributed by atoms with E-state index >= 15 is 0 Å². The maximum Gasteiger partial charge on any atom is 0.152 e. The summed E-state index contributed by atoms with van der Waals surface area (Å²) in [7, 11) is -1.38. The molecule has 0 radical (unpaired) electrons. The highest BCUT2D eigenvalue weighted by atomic mass is 32.2.